The van der Waals surface area contributed by atoms with E-state index in [4.69, 9.17) is 16.6 Å². The Morgan fingerprint density at radius 2 is 2.10 bits per heavy atom. The van der Waals surface area contributed by atoms with Crippen molar-refractivity contribution in [2.45, 2.75) is 44.6 Å². The second-order valence-electron chi connectivity index (χ2n) is 8.25. The van der Waals surface area contributed by atoms with Gasteiger partial charge in [0.2, 0.25) is 5.91 Å². The number of carbonyl (C=O) groups excluding carboxylic acids is 1. The van der Waals surface area contributed by atoms with Gasteiger partial charge in [0.05, 0.1) is 6.54 Å². The number of piperidine rings is 1. The van der Waals surface area contributed by atoms with Crippen LogP contribution in [0.25, 0.3) is 11.2 Å². The van der Waals surface area contributed by atoms with E-state index in [2.05, 4.69) is 15.3 Å². The van der Waals surface area contributed by atoms with Crippen LogP contribution in [0.2, 0.25) is 5.02 Å². The first-order chi connectivity index (χ1) is 14.6. The van der Waals surface area contributed by atoms with Gasteiger partial charge in [0, 0.05) is 29.9 Å². The lowest BCUT2D eigenvalue weighted by Gasteiger charge is -2.36. The maximum absolute atomic E-state index is 12.7. The van der Waals surface area contributed by atoms with Crippen molar-refractivity contribution in [2.24, 2.45) is 5.92 Å². The molecule has 3 heterocycles. The number of H-pyrrole nitrogens is 1. The van der Waals surface area contributed by atoms with E-state index in [9.17, 15) is 9.59 Å². The van der Waals surface area contributed by atoms with Gasteiger partial charge in [-0.15, -0.1) is 5.10 Å². The number of nitrogens with zero attached hydrogens (tertiary/aromatic N) is 5. The Morgan fingerprint density at radius 3 is 2.87 bits per heavy atom. The number of fused-ring (bicyclic) bond motifs is 1. The fourth-order valence-electron chi connectivity index (χ4n) is 4.31. The second-order valence-corrected chi connectivity index (χ2v) is 8.69. The van der Waals surface area contributed by atoms with Crippen molar-refractivity contribution in [1.82, 2.24) is 29.9 Å². The number of halogens is 1. The van der Waals surface area contributed by atoms with E-state index in [1.807, 2.05) is 29.2 Å². The first-order valence-electron chi connectivity index (χ1n) is 10.4. The third-order valence-electron chi connectivity index (χ3n) is 6.19. The molecule has 156 valence electrons. The van der Waals surface area contributed by atoms with Crippen molar-refractivity contribution in [1.29, 1.82) is 0 Å². The summed E-state index contributed by atoms with van der Waals surface area (Å²) < 4.78 is 1.62. The molecular formula is C21H23ClN6O2. The molecule has 9 heteroatoms. The van der Waals surface area contributed by atoms with Gasteiger partial charge in [0.15, 0.2) is 11.2 Å². The van der Waals surface area contributed by atoms with Gasteiger partial charge in [-0.3, -0.25) is 9.59 Å². The number of likely N-dealkylation sites (tertiary alicyclic amines) is 1. The highest BCUT2D eigenvalue weighted by atomic mass is 35.5. The second kappa shape index (κ2) is 7.83. The number of nitrogens with one attached hydrogen (secondary N) is 1. The van der Waals surface area contributed by atoms with Gasteiger partial charge < -0.3 is 9.88 Å². The third-order valence-corrected chi connectivity index (χ3v) is 6.42. The summed E-state index contributed by atoms with van der Waals surface area (Å²) in [7, 11) is 0. The predicted octanol–water partition coefficient (Wildman–Crippen LogP) is 2.72. The number of aromatic nitrogens is 5. The first kappa shape index (κ1) is 19.2. The molecule has 2 fully saturated rings. The van der Waals surface area contributed by atoms with Crippen LogP contribution in [-0.4, -0.2) is 48.9 Å². The van der Waals surface area contributed by atoms with Crippen LogP contribution in [0.1, 0.15) is 49.4 Å². The largest absolute Gasteiger partial charge is 0.342 e. The topological polar surface area (TPSA) is 96.8 Å². The average Bonchev–Trinajstić information content (AvgIpc) is 3.10. The molecule has 0 unspecified atom stereocenters. The lowest BCUT2D eigenvalue weighted by atomic mass is 9.83. The smallest absolute Gasteiger partial charge is 0.281 e. The SMILES string of the molecule is O=C(C1CCC1)N1CCC[C@H](c2nc3c(nnn3Cc3cccc(Cl)c3)c(=O)[nH]2)C1. The summed E-state index contributed by atoms with van der Waals surface area (Å²) in [5.74, 6) is 1.05. The maximum Gasteiger partial charge on any atom is 0.281 e. The normalized spacial score (nSPS) is 19.8. The Balaban J connectivity index is 1.43. The summed E-state index contributed by atoms with van der Waals surface area (Å²) in [6.45, 7) is 1.80. The van der Waals surface area contributed by atoms with Crippen molar-refractivity contribution in [3.8, 4) is 0 Å². The number of hydrogen-bond donors (Lipinski definition) is 1. The number of amides is 1. The zero-order chi connectivity index (χ0) is 20.7. The van der Waals surface area contributed by atoms with E-state index in [1.54, 1.807) is 4.68 Å². The number of aromatic amines is 1. The van der Waals surface area contributed by atoms with Crippen LogP contribution in [0, 0.1) is 5.92 Å². The molecule has 5 rings (SSSR count). The Kier molecular flexibility index (Phi) is 5.02. The van der Waals surface area contributed by atoms with Crippen LogP contribution >= 0.6 is 11.6 Å². The van der Waals surface area contributed by atoms with E-state index >= 15 is 0 Å². The van der Waals surface area contributed by atoms with E-state index in [-0.39, 0.29) is 28.8 Å². The molecule has 3 aromatic rings. The lowest BCUT2D eigenvalue weighted by molar-refractivity contribution is -0.139. The number of benzene rings is 1. The van der Waals surface area contributed by atoms with Gasteiger partial charge in [-0.05, 0) is 43.4 Å². The molecule has 1 N–H and O–H groups in total. The van der Waals surface area contributed by atoms with Crippen LogP contribution in [0.5, 0.6) is 0 Å². The Morgan fingerprint density at radius 1 is 1.23 bits per heavy atom. The van der Waals surface area contributed by atoms with Crippen LogP contribution in [-0.2, 0) is 11.3 Å². The summed E-state index contributed by atoms with van der Waals surface area (Å²) in [6, 6.07) is 7.48. The van der Waals surface area contributed by atoms with Gasteiger partial charge >= 0.3 is 0 Å². The van der Waals surface area contributed by atoms with Crippen LogP contribution in [0.4, 0.5) is 0 Å². The molecule has 1 aliphatic heterocycles. The standard InChI is InChI=1S/C21H23ClN6O2/c22-16-8-1-4-13(10-16)11-28-19-17(25-26-28)20(29)24-18(23-19)15-7-3-9-27(12-15)21(30)14-5-2-6-14/h1,4,8,10,14-15H,2-3,5-7,9,11-12H2,(H,23,24,29)/t15-/m0/s1. The van der Waals surface area contributed by atoms with Crippen molar-refractivity contribution >= 4 is 28.7 Å². The number of rotatable bonds is 4. The van der Waals surface area contributed by atoms with Gasteiger partial charge in [-0.25, -0.2) is 9.67 Å². The zero-order valence-corrected chi connectivity index (χ0v) is 17.3. The van der Waals surface area contributed by atoms with Crippen molar-refractivity contribution in [3.05, 3.63) is 51.0 Å². The minimum atomic E-state index is -0.296. The van der Waals surface area contributed by atoms with E-state index in [0.717, 1.165) is 44.2 Å². The van der Waals surface area contributed by atoms with Gasteiger partial charge in [-0.1, -0.05) is 35.4 Å². The van der Waals surface area contributed by atoms with Crippen LogP contribution < -0.4 is 5.56 Å². The summed E-state index contributed by atoms with van der Waals surface area (Å²) >= 11 is 6.08. The summed E-state index contributed by atoms with van der Waals surface area (Å²) in [5.41, 5.74) is 1.33. The van der Waals surface area contributed by atoms with Crippen LogP contribution in [0.3, 0.4) is 0 Å². The molecule has 1 amide bonds. The first-order valence-corrected chi connectivity index (χ1v) is 10.8. The Bertz CT molecular complexity index is 1150. The fourth-order valence-corrected chi connectivity index (χ4v) is 4.52. The highest BCUT2D eigenvalue weighted by molar-refractivity contribution is 6.30. The van der Waals surface area contributed by atoms with Gasteiger partial charge in [0.25, 0.3) is 5.56 Å². The average molecular weight is 427 g/mol. The minimum absolute atomic E-state index is 0.00870. The zero-order valence-electron chi connectivity index (χ0n) is 16.6. The van der Waals surface area contributed by atoms with E-state index in [0.29, 0.717) is 29.6 Å². The van der Waals surface area contributed by atoms with Crippen LogP contribution in [0.15, 0.2) is 29.1 Å². The molecule has 0 spiro atoms. The Hall–Kier alpha value is -2.74. The molecule has 8 nitrogen and oxygen atoms in total. The molecule has 1 aliphatic carbocycles. The Labute approximate surface area is 178 Å². The quantitative estimate of drug-likeness (QED) is 0.691. The molecule has 1 saturated heterocycles. The number of carbonyl (C=O) groups is 1. The molecule has 1 aromatic carbocycles. The summed E-state index contributed by atoms with van der Waals surface area (Å²) in [6.07, 6.45) is 4.93. The molecule has 2 aromatic heterocycles. The molecule has 1 saturated carbocycles. The lowest BCUT2D eigenvalue weighted by Crippen LogP contribution is -2.44. The molecule has 0 radical (unpaired) electrons. The highest BCUT2D eigenvalue weighted by Crippen LogP contribution is 2.31. The third kappa shape index (κ3) is 3.60. The monoisotopic (exact) mass is 426 g/mol. The summed E-state index contributed by atoms with van der Waals surface area (Å²) in [5, 5.41) is 8.79. The number of hydrogen-bond acceptors (Lipinski definition) is 5. The minimum Gasteiger partial charge on any atom is -0.342 e. The molecule has 2 aliphatic rings. The summed E-state index contributed by atoms with van der Waals surface area (Å²) in [4.78, 5) is 34.9. The van der Waals surface area contributed by atoms with E-state index in [1.165, 1.54) is 0 Å². The van der Waals surface area contributed by atoms with Crippen molar-refractivity contribution in [3.63, 3.8) is 0 Å². The van der Waals surface area contributed by atoms with Gasteiger partial charge in [0.1, 0.15) is 5.82 Å². The van der Waals surface area contributed by atoms with E-state index < -0.39 is 0 Å². The maximum atomic E-state index is 12.7. The van der Waals surface area contributed by atoms with Crippen molar-refractivity contribution < 1.29 is 4.79 Å². The molecule has 30 heavy (non-hydrogen) atoms. The van der Waals surface area contributed by atoms with Crippen molar-refractivity contribution in [2.75, 3.05) is 13.1 Å². The molecule has 0 bridgehead atoms. The fraction of sp³-hybridized carbons (Fsp3) is 0.476. The highest BCUT2D eigenvalue weighted by Gasteiger charge is 2.33. The predicted molar refractivity (Wildman–Crippen MR) is 112 cm³/mol. The molecule has 1 atom stereocenters. The molecular weight excluding hydrogens is 404 g/mol. The van der Waals surface area contributed by atoms with Gasteiger partial charge in [-0.2, -0.15) is 0 Å².